The SMILES string of the molecule is Oc1cccc(OP(O)(=S)S)c1. The molecule has 1 rings (SSSR count). The highest BCUT2D eigenvalue weighted by molar-refractivity contribution is 8.59. The number of phenolic OH excluding ortho intramolecular Hbond substituents is 1. The summed E-state index contributed by atoms with van der Waals surface area (Å²) in [6.45, 7) is 0. The van der Waals surface area contributed by atoms with E-state index >= 15 is 0 Å². The quantitative estimate of drug-likeness (QED) is 0.528. The van der Waals surface area contributed by atoms with Crippen molar-refractivity contribution in [2.24, 2.45) is 0 Å². The van der Waals surface area contributed by atoms with E-state index in [-0.39, 0.29) is 5.75 Å². The van der Waals surface area contributed by atoms with E-state index in [1.54, 1.807) is 12.1 Å². The molecular weight excluding hydrogens is 215 g/mol. The summed E-state index contributed by atoms with van der Waals surface area (Å²) in [4.78, 5) is 9.05. The fourth-order valence-corrected chi connectivity index (χ4v) is 1.61. The van der Waals surface area contributed by atoms with Gasteiger partial charge in [0, 0.05) is 6.07 Å². The Morgan fingerprint density at radius 3 is 2.67 bits per heavy atom. The van der Waals surface area contributed by atoms with Crippen LogP contribution in [0.1, 0.15) is 0 Å². The molecule has 6 heteroatoms. The van der Waals surface area contributed by atoms with Gasteiger partial charge in [-0.05, 0) is 23.9 Å². The highest BCUT2D eigenvalue weighted by Crippen LogP contribution is 2.47. The molecule has 0 saturated heterocycles. The van der Waals surface area contributed by atoms with Crippen molar-refractivity contribution in [2.45, 2.75) is 0 Å². The van der Waals surface area contributed by atoms with Crippen LogP contribution in [0.5, 0.6) is 11.5 Å². The van der Waals surface area contributed by atoms with Crippen LogP contribution in [0.15, 0.2) is 24.3 Å². The first-order valence-electron chi connectivity index (χ1n) is 3.01. The molecule has 1 atom stereocenters. The molecule has 0 radical (unpaired) electrons. The molecule has 1 unspecified atom stereocenters. The van der Waals surface area contributed by atoms with Gasteiger partial charge in [-0.25, -0.2) is 0 Å². The molecule has 0 aromatic heterocycles. The zero-order chi connectivity index (χ0) is 9.19. The number of benzene rings is 1. The van der Waals surface area contributed by atoms with Gasteiger partial charge in [-0.3, -0.25) is 0 Å². The lowest BCUT2D eigenvalue weighted by molar-refractivity contribution is 0.466. The zero-order valence-corrected chi connectivity index (χ0v) is 8.52. The fraction of sp³-hybridized carbons (Fsp3) is 0. The maximum atomic E-state index is 9.05. The second-order valence-electron chi connectivity index (χ2n) is 2.08. The Kier molecular flexibility index (Phi) is 3.01. The Labute approximate surface area is 80.3 Å². The Bertz CT molecular complexity index is 322. The van der Waals surface area contributed by atoms with Gasteiger partial charge in [-0.2, -0.15) is 0 Å². The van der Waals surface area contributed by atoms with Crippen LogP contribution in [0.4, 0.5) is 0 Å². The van der Waals surface area contributed by atoms with E-state index in [2.05, 4.69) is 24.1 Å². The third-order valence-corrected chi connectivity index (χ3v) is 1.96. The average molecular weight is 222 g/mol. The third kappa shape index (κ3) is 3.45. The maximum Gasteiger partial charge on any atom is 0.291 e. The van der Waals surface area contributed by atoms with Crippen LogP contribution >= 0.6 is 17.9 Å². The maximum absolute atomic E-state index is 9.05. The van der Waals surface area contributed by atoms with E-state index in [1.165, 1.54) is 12.1 Å². The molecule has 0 saturated carbocycles. The van der Waals surface area contributed by atoms with Gasteiger partial charge in [-0.1, -0.05) is 18.3 Å². The van der Waals surface area contributed by atoms with E-state index in [0.717, 1.165) is 0 Å². The number of thiol groups is 1. The van der Waals surface area contributed by atoms with E-state index in [1.807, 2.05) is 0 Å². The summed E-state index contributed by atoms with van der Waals surface area (Å²) in [7, 11) is 0. The molecule has 0 fully saturated rings. The highest BCUT2D eigenvalue weighted by atomic mass is 32.9. The predicted octanol–water partition coefficient (Wildman–Crippen LogP) is 1.92. The summed E-state index contributed by atoms with van der Waals surface area (Å²) in [6, 6.07) is 6.01. The van der Waals surface area contributed by atoms with Crippen LogP contribution in [-0.2, 0) is 11.8 Å². The van der Waals surface area contributed by atoms with Crippen LogP contribution in [-0.4, -0.2) is 10.00 Å². The first-order chi connectivity index (χ1) is 5.47. The summed E-state index contributed by atoms with van der Waals surface area (Å²) in [5.74, 6) is 0.375. The minimum atomic E-state index is -2.99. The summed E-state index contributed by atoms with van der Waals surface area (Å²) in [5, 5.41) is 9.00. The number of hydrogen-bond donors (Lipinski definition) is 3. The lowest BCUT2D eigenvalue weighted by Gasteiger charge is -2.10. The molecular formula is C6H7O3PS2. The van der Waals surface area contributed by atoms with E-state index < -0.39 is 5.69 Å². The Morgan fingerprint density at radius 1 is 1.50 bits per heavy atom. The molecule has 0 amide bonds. The lowest BCUT2D eigenvalue weighted by atomic mass is 10.3. The van der Waals surface area contributed by atoms with Crippen molar-refractivity contribution in [3.8, 4) is 11.5 Å². The highest BCUT2D eigenvalue weighted by Gasteiger charge is 2.07. The van der Waals surface area contributed by atoms with Crippen molar-refractivity contribution in [1.82, 2.24) is 0 Å². The number of hydrogen-bond acceptors (Lipinski definition) is 3. The zero-order valence-electron chi connectivity index (χ0n) is 5.91. The Balaban J connectivity index is 2.84. The summed E-state index contributed by atoms with van der Waals surface area (Å²) < 4.78 is 4.87. The average Bonchev–Trinajstić information content (AvgIpc) is 1.82. The van der Waals surface area contributed by atoms with Crippen molar-refractivity contribution < 1.29 is 14.5 Å². The topological polar surface area (TPSA) is 49.7 Å². The molecule has 12 heavy (non-hydrogen) atoms. The van der Waals surface area contributed by atoms with Crippen molar-refractivity contribution in [3.05, 3.63) is 24.3 Å². The number of phenols is 1. The number of rotatable bonds is 2. The number of aromatic hydroxyl groups is 1. The molecule has 1 aromatic rings. The largest absolute Gasteiger partial charge is 0.508 e. The van der Waals surface area contributed by atoms with Gasteiger partial charge in [0.15, 0.2) is 0 Å². The van der Waals surface area contributed by atoms with Crippen LogP contribution in [0.3, 0.4) is 0 Å². The first-order valence-corrected chi connectivity index (χ1v) is 6.84. The second-order valence-corrected chi connectivity index (χ2v) is 7.17. The van der Waals surface area contributed by atoms with Crippen molar-refractivity contribution in [2.75, 3.05) is 0 Å². The van der Waals surface area contributed by atoms with Crippen molar-refractivity contribution in [1.29, 1.82) is 0 Å². The van der Waals surface area contributed by atoms with Gasteiger partial charge in [0.2, 0.25) is 0 Å². The summed E-state index contributed by atoms with van der Waals surface area (Å²) >= 11 is 8.22. The summed E-state index contributed by atoms with van der Waals surface area (Å²) in [5.41, 5.74) is -2.99. The molecule has 3 nitrogen and oxygen atoms in total. The molecule has 0 bridgehead atoms. The normalized spacial score (nSPS) is 15.2. The smallest absolute Gasteiger partial charge is 0.291 e. The van der Waals surface area contributed by atoms with Crippen LogP contribution in [0.25, 0.3) is 0 Å². The van der Waals surface area contributed by atoms with E-state index in [0.29, 0.717) is 5.75 Å². The Morgan fingerprint density at radius 2 is 2.17 bits per heavy atom. The van der Waals surface area contributed by atoms with Gasteiger partial charge in [0.1, 0.15) is 11.5 Å². The molecule has 1 aromatic carbocycles. The van der Waals surface area contributed by atoms with Gasteiger partial charge in [0.25, 0.3) is 5.69 Å². The standard InChI is InChI=1S/C6H7O3PS2/c7-5-2-1-3-6(4-5)9-10(8,11)12/h1-4,7H,(H2,8,11,12). The molecule has 0 aliphatic rings. The molecule has 2 N–H and O–H groups in total. The second kappa shape index (κ2) is 3.66. The Hall–Kier alpha value is -0.220. The minimum absolute atomic E-state index is 0.0595. The van der Waals surface area contributed by atoms with E-state index in [4.69, 9.17) is 14.5 Å². The molecule has 0 aliphatic carbocycles. The third-order valence-electron chi connectivity index (χ3n) is 1.04. The van der Waals surface area contributed by atoms with Gasteiger partial charge in [0.05, 0.1) is 0 Å². The first kappa shape index (κ1) is 9.86. The van der Waals surface area contributed by atoms with Crippen LogP contribution in [0.2, 0.25) is 0 Å². The molecule has 0 aliphatic heterocycles. The minimum Gasteiger partial charge on any atom is -0.508 e. The molecule has 0 spiro atoms. The van der Waals surface area contributed by atoms with E-state index in [9.17, 15) is 0 Å². The van der Waals surface area contributed by atoms with Crippen molar-refractivity contribution >= 4 is 29.7 Å². The lowest BCUT2D eigenvalue weighted by Crippen LogP contribution is -1.83. The van der Waals surface area contributed by atoms with Crippen molar-refractivity contribution in [3.63, 3.8) is 0 Å². The fourth-order valence-electron chi connectivity index (χ4n) is 0.678. The predicted molar refractivity (Wildman–Crippen MR) is 54.2 cm³/mol. The van der Waals surface area contributed by atoms with Gasteiger partial charge in [-0.15, -0.1) is 0 Å². The monoisotopic (exact) mass is 222 g/mol. The van der Waals surface area contributed by atoms with Crippen LogP contribution < -0.4 is 4.52 Å². The molecule has 0 heterocycles. The molecule has 66 valence electrons. The van der Waals surface area contributed by atoms with Gasteiger partial charge < -0.3 is 14.5 Å². The van der Waals surface area contributed by atoms with Gasteiger partial charge >= 0.3 is 0 Å². The van der Waals surface area contributed by atoms with Crippen LogP contribution in [0, 0.1) is 0 Å². The summed E-state index contributed by atoms with van der Waals surface area (Å²) in [6.07, 6.45) is 0.